The van der Waals surface area contributed by atoms with Crippen molar-refractivity contribution >= 4 is 0 Å². The third-order valence-electron chi connectivity index (χ3n) is 2.81. The van der Waals surface area contributed by atoms with E-state index in [-0.39, 0.29) is 0 Å². The Labute approximate surface area is 79.4 Å². The number of aryl methyl sites for hydroxylation is 1. The minimum atomic E-state index is 0.834. The Morgan fingerprint density at radius 2 is 2.54 bits per heavy atom. The molecule has 0 aliphatic carbocycles. The van der Waals surface area contributed by atoms with Gasteiger partial charge in [0.15, 0.2) is 0 Å². The molecule has 1 aromatic rings. The molecule has 70 valence electrons. The van der Waals surface area contributed by atoms with Gasteiger partial charge in [-0.1, -0.05) is 0 Å². The van der Waals surface area contributed by atoms with Crippen LogP contribution in [0.25, 0.3) is 0 Å². The minimum absolute atomic E-state index is 0.834. The van der Waals surface area contributed by atoms with E-state index in [1.165, 1.54) is 37.1 Å². The molecule has 1 aliphatic rings. The molecule has 1 aromatic heterocycles. The van der Waals surface area contributed by atoms with Crippen molar-refractivity contribution < 1.29 is 0 Å². The molecule has 0 aromatic carbocycles. The molecule has 1 atom stereocenters. The zero-order chi connectivity index (χ0) is 9.10. The molecule has 2 heteroatoms. The first-order valence-electron chi connectivity index (χ1n) is 4.96. The summed E-state index contributed by atoms with van der Waals surface area (Å²) < 4.78 is 0. The molecule has 1 unspecified atom stereocenters. The third-order valence-corrected chi connectivity index (χ3v) is 2.81. The average Bonchev–Trinajstić information content (AvgIpc) is 2.61. The Balaban J connectivity index is 2.04. The van der Waals surface area contributed by atoms with E-state index in [1.54, 1.807) is 0 Å². The fourth-order valence-corrected chi connectivity index (χ4v) is 1.93. The maximum absolute atomic E-state index is 4.10. The van der Waals surface area contributed by atoms with Crippen LogP contribution < -0.4 is 5.32 Å². The van der Waals surface area contributed by atoms with E-state index in [2.05, 4.69) is 23.3 Å². The predicted molar refractivity (Wildman–Crippen MR) is 53.7 cm³/mol. The van der Waals surface area contributed by atoms with Crippen LogP contribution in [0, 0.1) is 12.8 Å². The smallest absolute Gasteiger partial charge is 0.0299 e. The van der Waals surface area contributed by atoms with Crippen molar-refractivity contribution in [3.8, 4) is 0 Å². The van der Waals surface area contributed by atoms with Crippen molar-refractivity contribution in [2.45, 2.75) is 19.8 Å². The summed E-state index contributed by atoms with van der Waals surface area (Å²) in [6.07, 6.45) is 6.38. The van der Waals surface area contributed by atoms with Gasteiger partial charge in [0, 0.05) is 12.4 Å². The quantitative estimate of drug-likeness (QED) is 0.739. The molecular weight excluding hydrogens is 160 g/mol. The van der Waals surface area contributed by atoms with Crippen LogP contribution in [-0.4, -0.2) is 18.1 Å². The van der Waals surface area contributed by atoms with E-state index < -0.39 is 0 Å². The second kappa shape index (κ2) is 3.88. The van der Waals surface area contributed by atoms with Crippen LogP contribution in [0.3, 0.4) is 0 Å². The number of aromatic nitrogens is 1. The molecule has 2 nitrogen and oxygen atoms in total. The summed E-state index contributed by atoms with van der Waals surface area (Å²) in [6, 6.07) is 2.15. The highest BCUT2D eigenvalue weighted by atomic mass is 14.9. The number of hydrogen-bond donors (Lipinski definition) is 1. The topological polar surface area (TPSA) is 24.9 Å². The molecule has 13 heavy (non-hydrogen) atoms. The molecule has 0 amide bonds. The van der Waals surface area contributed by atoms with Gasteiger partial charge in [-0.2, -0.15) is 0 Å². The standard InChI is InChI=1S/C11H16N2/c1-9-7-12-5-3-11(9)6-10-2-4-13-8-10/h3,5,7,10,13H,2,4,6,8H2,1H3. The lowest BCUT2D eigenvalue weighted by atomic mass is 9.97. The first kappa shape index (κ1) is 8.70. The van der Waals surface area contributed by atoms with Crippen LogP contribution in [0.2, 0.25) is 0 Å². The van der Waals surface area contributed by atoms with Crippen LogP contribution in [0.5, 0.6) is 0 Å². The first-order chi connectivity index (χ1) is 6.36. The second-order valence-corrected chi connectivity index (χ2v) is 3.87. The van der Waals surface area contributed by atoms with Gasteiger partial charge in [0.1, 0.15) is 0 Å². The summed E-state index contributed by atoms with van der Waals surface area (Å²) in [5.74, 6) is 0.834. The minimum Gasteiger partial charge on any atom is -0.316 e. The first-order valence-corrected chi connectivity index (χ1v) is 4.96. The molecule has 0 bridgehead atoms. The zero-order valence-corrected chi connectivity index (χ0v) is 8.09. The molecule has 1 fully saturated rings. The molecule has 0 radical (unpaired) electrons. The Hall–Kier alpha value is -0.890. The number of rotatable bonds is 2. The monoisotopic (exact) mass is 176 g/mol. The van der Waals surface area contributed by atoms with Crippen molar-refractivity contribution in [1.29, 1.82) is 0 Å². The molecule has 2 rings (SSSR count). The molecule has 1 N–H and O–H groups in total. The maximum Gasteiger partial charge on any atom is 0.0299 e. The lowest BCUT2D eigenvalue weighted by Gasteiger charge is -2.09. The number of nitrogens with one attached hydrogen (secondary N) is 1. The van der Waals surface area contributed by atoms with E-state index in [1.807, 2.05) is 12.4 Å². The number of nitrogens with zero attached hydrogens (tertiary/aromatic N) is 1. The molecule has 0 spiro atoms. The van der Waals surface area contributed by atoms with Gasteiger partial charge < -0.3 is 5.32 Å². The summed E-state index contributed by atoms with van der Waals surface area (Å²) in [5, 5.41) is 3.40. The van der Waals surface area contributed by atoms with Gasteiger partial charge in [-0.25, -0.2) is 0 Å². The molecular formula is C11H16N2. The van der Waals surface area contributed by atoms with Crippen molar-refractivity contribution in [3.63, 3.8) is 0 Å². The highest BCUT2D eigenvalue weighted by Crippen LogP contribution is 2.16. The van der Waals surface area contributed by atoms with E-state index in [9.17, 15) is 0 Å². The van der Waals surface area contributed by atoms with Gasteiger partial charge in [-0.15, -0.1) is 0 Å². The van der Waals surface area contributed by atoms with Crippen molar-refractivity contribution in [2.24, 2.45) is 5.92 Å². The molecule has 1 aliphatic heterocycles. The Morgan fingerprint density at radius 1 is 1.62 bits per heavy atom. The Morgan fingerprint density at radius 3 is 3.23 bits per heavy atom. The van der Waals surface area contributed by atoms with Crippen molar-refractivity contribution in [1.82, 2.24) is 10.3 Å². The normalized spacial score (nSPS) is 22.1. The fraction of sp³-hybridized carbons (Fsp3) is 0.545. The molecule has 2 heterocycles. The Kier molecular flexibility index (Phi) is 2.60. The van der Waals surface area contributed by atoms with Gasteiger partial charge in [0.05, 0.1) is 0 Å². The third kappa shape index (κ3) is 2.07. The fourth-order valence-electron chi connectivity index (χ4n) is 1.93. The van der Waals surface area contributed by atoms with E-state index in [4.69, 9.17) is 0 Å². The second-order valence-electron chi connectivity index (χ2n) is 3.87. The van der Waals surface area contributed by atoms with E-state index >= 15 is 0 Å². The summed E-state index contributed by atoms with van der Waals surface area (Å²) >= 11 is 0. The highest BCUT2D eigenvalue weighted by molar-refractivity contribution is 5.22. The van der Waals surface area contributed by atoms with E-state index in [0.717, 1.165) is 5.92 Å². The predicted octanol–water partition coefficient (Wildman–Crippen LogP) is 1.54. The average molecular weight is 176 g/mol. The van der Waals surface area contributed by atoms with Crippen molar-refractivity contribution in [2.75, 3.05) is 13.1 Å². The summed E-state index contributed by atoms with van der Waals surface area (Å²) in [4.78, 5) is 4.10. The maximum atomic E-state index is 4.10. The number of hydrogen-bond acceptors (Lipinski definition) is 2. The van der Waals surface area contributed by atoms with Crippen LogP contribution in [-0.2, 0) is 6.42 Å². The largest absolute Gasteiger partial charge is 0.316 e. The van der Waals surface area contributed by atoms with Gasteiger partial charge in [-0.05, 0) is 56.0 Å². The van der Waals surface area contributed by atoms with Crippen molar-refractivity contribution in [3.05, 3.63) is 29.6 Å². The summed E-state index contributed by atoms with van der Waals surface area (Å²) in [6.45, 7) is 4.52. The molecule has 1 saturated heterocycles. The Bertz CT molecular complexity index is 277. The molecule has 0 saturated carbocycles. The number of pyridine rings is 1. The lowest BCUT2D eigenvalue weighted by Crippen LogP contribution is -2.11. The highest BCUT2D eigenvalue weighted by Gasteiger charge is 2.15. The van der Waals surface area contributed by atoms with Crippen LogP contribution in [0.4, 0.5) is 0 Å². The van der Waals surface area contributed by atoms with Gasteiger partial charge in [0.25, 0.3) is 0 Å². The summed E-state index contributed by atoms with van der Waals surface area (Å²) in [7, 11) is 0. The van der Waals surface area contributed by atoms with Crippen LogP contribution in [0.15, 0.2) is 18.5 Å². The van der Waals surface area contributed by atoms with Crippen LogP contribution >= 0.6 is 0 Å². The van der Waals surface area contributed by atoms with E-state index in [0.29, 0.717) is 0 Å². The van der Waals surface area contributed by atoms with Crippen LogP contribution in [0.1, 0.15) is 17.5 Å². The van der Waals surface area contributed by atoms with Gasteiger partial charge >= 0.3 is 0 Å². The SMILES string of the molecule is Cc1cnccc1CC1CCNC1. The zero-order valence-electron chi connectivity index (χ0n) is 8.09. The summed E-state index contributed by atoms with van der Waals surface area (Å²) in [5.41, 5.74) is 2.79. The van der Waals surface area contributed by atoms with Gasteiger partial charge in [-0.3, -0.25) is 4.98 Å². The van der Waals surface area contributed by atoms with Gasteiger partial charge in [0.2, 0.25) is 0 Å². The lowest BCUT2D eigenvalue weighted by molar-refractivity contribution is 0.578.